The molecular formula is C17H14N4O3S. The third-order valence-corrected chi connectivity index (χ3v) is 4.23. The van der Waals surface area contributed by atoms with Crippen LogP contribution in [0.2, 0.25) is 0 Å². The fourth-order valence-corrected chi connectivity index (χ4v) is 2.78. The number of phenolic OH excluding ortho intramolecular Hbond substituents is 1. The maximum atomic E-state index is 12.1. The van der Waals surface area contributed by atoms with E-state index in [9.17, 15) is 9.90 Å². The van der Waals surface area contributed by atoms with Gasteiger partial charge in [0.15, 0.2) is 0 Å². The number of ether oxygens (including phenoxy) is 1. The molecule has 0 radical (unpaired) electrons. The van der Waals surface area contributed by atoms with Gasteiger partial charge in [0.2, 0.25) is 5.88 Å². The largest absolute Gasteiger partial charge is 0.507 e. The average molecular weight is 354 g/mol. The Kier molecular flexibility index (Phi) is 4.80. The van der Waals surface area contributed by atoms with E-state index >= 15 is 0 Å². The van der Waals surface area contributed by atoms with Crippen LogP contribution in [0.15, 0.2) is 53.1 Å². The number of aromatic hydroxyl groups is 1. The van der Waals surface area contributed by atoms with Gasteiger partial charge in [-0.3, -0.25) is 0 Å². The van der Waals surface area contributed by atoms with Crippen molar-refractivity contribution in [2.24, 2.45) is 10.2 Å². The van der Waals surface area contributed by atoms with Crippen molar-refractivity contribution in [3.63, 3.8) is 0 Å². The molecule has 0 atom stereocenters. The van der Waals surface area contributed by atoms with Crippen LogP contribution in [0.25, 0.3) is 0 Å². The van der Waals surface area contributed by atoms with Crippen LogP contribution >= 0.6 is 11.3 Å². The first-order valence-electron chi connectivity index (χ1n) is 7.33. The zero-order valence-electron chi connectivity index (χ0n) is 13.5. The van der Waals surface area contributed by atoms with Crippen molar-refractivity contribution < 1.29 is 14.6 Å². The molecule has 0 amide bonds. The average Bonchev–Trinajstić information content (AvgIpc) is 3.08. The number of benzene rings is 1. The molecule has 1 aromatic carbocycles. The van der Waals surface area contributed by atoms with E-state index in [2.05, 4.69) is 20.2 Å². The molecule has 2 aromatic heterocycles. The van der Waals surface area contributed by atoms with E-state index in [1.54, 1.807) is 38.1 Å². The number of aryl methyl sites for hydroxylation is 2. The molecule has 0 unspecified atom stereocenters. The summed E-state index contributed by atoms with van der Waals surface area (Å²) in [5, 5.41) is 18.6. The highest BCUT2D eigenvalue weighted by molar-refractivity contribution is 7.17. The summed E-state index contributed by atoms with van der Waals surface area (Å²) >= 11 is 1.16. The van der Waals surface area contributed by atoms with Gasteiger partial charge in [-0.2, -0.15) is 0 Å². The number of rotatable bonds is 4. The number of aromatic nitrogens is 2. The molecule has 0 saturated heterocycles. The van der Waals surface area contributed by atoms with Gasteiger partial charge in [0.25, 0.3) is 0 Å². The number of nitrogens with zero attached hydrogens (tertiary/aromatic N) is 4. The second-order valence-electron chi connectivity index (χ2n) is 5.20. The molecule has 126 valence electrons. The van der Waals surface area contributed by atoms with Crippen LogP contribution in [0, 0.1) is 13.8 Å². The molecule has 8 heteroatoms. The number of carbonyl (C=O) groups excluding carboxylic acids is 1. The maximum Gasteiger partial charge on any atom is 0.355 e. The highest BCUT2D eigenvalue weighted by Gasteiger charge is 2.12. The van der Waals surface area contributed by atoms with E-state index in [1.807, 2.05) is 0 Å². The van der Waals surface area contributed by atoms with Gasteiger partial charge in [-0.1, -0.05) is 0 Å². The van der Waals surface area contributed by atoms with Crippen molar-refractivity contribution in [2.45, 2.75) is 13.8 Å². The zero-order chi connectivity index (χ0) is 17.8. The summed E-state index contributed by atoms with van der Waals surface area (Å²) in [6.07, 6.45) is 2.80. The van der Waals surface area contributed by atoms with E-state index in [-0.39, 0.29) is 11.6 Å². The first-order chi connectivity index (χ1) is 12.0. The monoisotopic (exact) mass is 354 g/mol. The van der Waals surface area contributed by atoms with Gasteiger partial charge in [0.1, 0.15) is 22.0 Å². The Morgan fingerprint density at radius 2 is 1.92 bits per heavy atom. The van der Waals surface area contributed by atoms with Crippen molar-refractivity contribution in [3.05, 3.63) is 58.9 Å². The van der Waals surface area contributed by atoms with Gasteiger partial charge < -0.3 is 9.84 Å². The van der Waals surface area contributed by atoms with Crippen molar-refractivity contribution >= 4 is 28.0 Å². The van der Waals surface area contributed by atoms with Gasteiger partial charge >= 0.3 is 5.97 Å². The Bertz CT molecular complexity index is 915. The lowest BCUT2D eigenvalue weighted by Gasteiger charge is -2.03. The van der Waals surface area contributed by atoms with Crippen molar-refractivity contribution in [3.8, 4) is 11.6 Å². The SMILES string of the molecule is Cc1cc(N=Nc2ccc(C(=O)Oc3ccncn3)s2)cc(C)c1O. The van der Waals surface area contributed by atoms with Gasteiger partial charge in [0.05, 0.1) is 5.69 Å². The summed E-state index contributed by atoms with van der Waals surface area (Å²) in [5.74, 6) is -0.0714. The summed E-state index contributed by atoms with van der Waals surface area (Å²) in [7, 11) is 0. The third kappa shape index (κ3) is 4.04. The van der Waals surface area contributed by atoms with Crippen LogP contribution in [0.3, 0.4) is 0 Å². The number of phenols is 1. The molecule has 2 heterocycles. The number of esters is 1. The molecule has 1 N–H and O–H groups in total. The lowest BCUT2D eigenvalue weighted by Crippen LogP contribution is -2.07. The number of hydrogen-bond acceptors (Lipinski definition) is 8. The van der Waals surface area contributed by atoms with Crippen LogP contribution in [-0.4, -0.2) is 21.0 Å². The number of thiophene rings is 1. The van der Waals surface area contributed by atoms with E-state index < -0.39 is 5.97 Å². The number of hydrogen-bond donors (Lipinski definition) is 1. The molecule has 0 fully saturated rings. The molecule has 0 aliphatic rings. The molecule has 0 bridgehead atoms. The van der Waals surface area contributed by atoms with E-state index in [4.69, 9.17) is 4.74 Å². The fraction of sp³-hybridized carbons (Fsp3) is 0.118. The highest BCUT2D eigenvalue weighted by Crippen LogP contribution is 2.30. The van der Waals surface area contributed by atoms with E-state index in [0.717, 1.165) is 22.5 Å². The van der Waals surface area contributed by atoms with Crippen LogP contribution in [-0.2, 0) is 0 Å². The minimum atomic E-state index is -0.513. The topological polar surface area (TPSA) is 97.0 Å². The lowest BCUT2D eigenvalue weighted by molar-refractivity contribution is 0.0732. The summed E-state index contributed by atoms with van der Waals surface area (Å²) in [5.41, 5.74) is 2.09. The maximum absolute atomic E-state index is 12.1. The minimum Gasteiger partial charge on any atom is -0.507 e. The van der Waals surface area contributed by atoms with Crippen LogP contribution in [0.4, 0.5) is 10.7 Å². The summed E-state index contributed by atoms with van der Waals surface area (Å²) in [6, 6.07) is 8.29. The van der Waals surface area contributed by atoms with Crippen molar-refractivity contribution in [1.29, 1.82) is 0 Å². The Morgan fingerprint density at radius 1 is 1.16 bits per heavy atom. The first-order valence-corrected chi connectivity index (χ1v) is 8.14. The fourth-order valence-electron chi connectivity index (χ4n) is 2.07. The molecule has 25 heavy (non-hydrogen) atoms. The van der Waals surface area contributed by atoms with E-state index in [0.29, 0.717) is 15.6 Å². The Morgan fingerprint density at radius 3 is 2.60 bits per heavy atom. The molecule has 3 aromatic rings. The van der Waals surface area contributed by atoms with Crippen molar-refractivity contribution in [2.75, 3.05) is 0 Å². The first kappa shape index (κ1) is 16.7. The van der Waals surface area contributed by atoms with Crippen LogP contribution in [0.5, 0.6) is 11.6 Å². The van der Waals surface area contributed by atoms with Crippen molar-refractivity contribution in [1.82, 2.24) is 9.97 Å². The lowest BCUT2D eigenvalue weighted by atomic mass is 10.1. The molecule has 0 aliphatic heterocycles. The standard InChI is InChI=1S/C17H14N4O3S/c1-10-7-12(8-11(2)16(10)22)20-21-15-4-3-13(25-15)17(23)24-14-5-6-18-9-19-14/h3-9,22H,1-2H3. The minimum absolute atomic E-state index is 0.187. The summed E-state index contributed by atoms with van der Waals surface area (Å²) in [4.78, 5) is 20.0. The zero-order valence-corrected chi connectivity index (χ0v) is 14.3. The molecule has 0 saturated carbocycles. The number of azo groups is 1. The van der Waals surface area contributed by atoms with Gasteiger partial charge in [-0.05, 0) is 49.2 Å². The summed E-state index contributed by atoms with van der Waals surface area (Å²) in [6.45, 7) is 3.60. The normalized spacial score (nSPS) is 11.0. The van der Waals surface area contributed by atoms with Crippen LogP contribution < -0.4 is 4.74 Å². The molecule has 7 nitrogen and oxygen atoms in total. The Hall–Kier alpha value is -3.13. The second kappa shape index (κ2) is 7.18. The molecule has 3 rings (SSSR count). The third-order valence-electron chi connectivity index (χ3n) is 3.28. The predicted octanol–water partition coefficient (Wildman–Crippen LogP) is 4.50. The highest BCUT2D eigenvalue weighted by atomic mass is 32.1. The summed E-state index contributed by atoms with van der Waals surface area (Å²) < 4.78 is 5.14. The van der Waals surface area contributed by atoms with Crippen LogP contribution in [0.1, 0.15) is 20.8 Å². The van der Waals surface area contributed by atoms with Gasteiger partial charge in [-0.25, -0.2) is 14.8 Å². The van der Waals surface area contributed by atoms with E-state index in [1.165, 1.54) is 18.6 Å². The smallest absolute Gasteiger partial charge is 0.355 e. The molecule has 0 aliphatic carbocycles. The van der Waals surface area contributed by atoms with Gasteiger partial charge in [-0.15, -0.1) is 21.6 Å². The number of carbonyl (C=O) groups is 1. The Labute approximate surface area is 147 Å². The second-order valence-corrected chi connectivity index (χ2v) is 6.27. The Balaban J connectivity index is 1.72. The quantitative estimate of drug-likeness (QED) is 0.550. The van der Waals surface area contributed by atoms with Gasteiger partial charge in [0, 0.05) is 12.3 Å². The predicted molar refractivity (Wildman–Crippen MR) is 93.1 cm³/mol. The molecule has 0 spiro atoms. The molecular weight excluding hydrogens is 340 g/mol.